The second kappa shape index (κ2) is 5.56. The normalized spacial score (nSPS) is 14.1. The second-order valence-corrected chi connectivity index (χ2v) is 5.53. The van der Waals surface area contributed by atoms with Crippen molar-refractivity contribution in [2.24, 2.45) is 0 Å². The van der Waals surface area contributed by atoms with Gasteiger partial charge in [-0.1, -0.05) is 35.3 Å². The van der Waals surface area contributed by atoms with Gasteiger partial charge in [0.25, 0.3) is 5.56 Å². The van der Waals surface area contributed by atoms with Crippen molar-refractivity contribution in [3.8, 4) is 0 Å². The van der Waals surface area contributed by atoms with Crippen LogP contribution in [0.3, 0.4) is 0 Å². The van der Waals surface area contributed by atoms with Gasteiger partial charge in [0.15, 0.2) is 0 Å². The van der Waals surface area contributed by atoms with Crippen LogP contribution in [0, 0.1) is 0 Å². The zero-order valence-corrected chi connectivity index (χ0v) is 12.2. The van der Waals surface area contributed by atoms with E-state index in [1.54, 1.807) is 17.0 Å². The molecule has 104 valence electrons. The highest BCUT2D eigenvalue weighted by atomic mass is 35.5. The second-order valence-electron chi connectivity index (χ2n) is 4.74. The van der Waals surface area contributed by atoms with E-state index in [1.165, 1.54) is 0 Å². The molecule has 0 unspecified atom stereocenters. The molecular weight excluding hydrogens is 297 g/mol. The minimum atomic E-state index is 0.00698. The highest BCUT2D eigenvalue weighted by Crippen LogP contribution is 2.25. The Bertz CT molecular complexity index is 712. The summed E-state index contributed by atoms with van der Waals surface area (Å²) in [6, 6.07) is 5.42. The number of hydrogen-bond donors (Lipinski definition) is 1. The minimum absolute atomic E-state index is 0.00698. The van der Waals surface area contributed by atoms with Crippen LogP contribution in [0.5, 0.6) is 0 Å². The first-order valence-electron chi connectivity index (χ1n) is 6.37. The van der Waals surface area contributed by atoms with Crippen molar-refractivity contribution in [2.75, 3.05) is 6.54 Å². The van der Waals surface area contributed by atoms with Crippen LogP contribution in [0.4, 0.5) is 0 Å². The predicted molar refractivity (Wildman–Crippen MR) is 79.5 cm³/mol. The first-order chi connectivity index (χ1) is 9.66. The summed E-state index contributed by atoms with van der Waals surface area (Å²) >= 11 is 12.2. The Balaban J connectivity index is 1.99. The molecule has 4 nitrogen and oxygen atoms in total. The van der Waals surface area contributed by atoms with Crippen molar-refractivity contribution in [3.63, 3.8) is 0 Å². The quantitative estimate of drug-likeness (QED) is 0.925. The average Bonchev–Trinajstić information content (AvgIpc) is 2.47. The average molecular weight is 310 g/mol. The Morgan fingerprint density at radius 3 is 3.05 bits per heavy atom. The molecular formula is C14H13Cl2N3O. The van der Waals surface area contributed by atoms with Gasteiger partial charge in [-0.25, -0.2) is 4.98 Å². The van der Waals surface area contributed by atoms with E-state index in [4.69, 9.17) is 23.2 Å². The van der Waals surface area contributed by atoms with Crippen molar-refractivity contribution >= 4 is 23.2 Å². The van der Waals surface area contributed by atoms with Gasteiger partial charge in [-0.2, -0.15) is 0 Å². The fourth-order valence-corrected chi connectivity index (χ4v) is 2.74. The summed E-state index contributed by atoms with van der Waals surface area (Å²) in [5, 5.41) is 4.18. The van der Waals surface area contributed by atoms with E-state index in [0.29, 0.717) is 29.6 Å². The summed E-state index contributed by atoms with van der Waals surface area (Å²) in [6.07, 6.45) is 2.29. The van der Waals surface area contributed by atoms with Gasteiger partial charge in [0, 0.05) is 12.1 Å². The Kier molecular flexibility index (Phi) is 3.78. The highest BCUT2D eigenvalue weighted by molar-refractivity contribution is 6.42. The topological polar surface area (TPSA) is 46.9 Å². The summed E-state index contributed by atoms with van der Waals surface area (Å²) < 4.78 is 1.59. The third kappa shape index (κ3) is 2.46. The molecule has 0 spiro atoms. The van der Waals surface area contributed by atoms with E-state index in [-0.39, 0.29) is 5.56 Å². The lowest BCUT2D eigenvalue weighted by Crippen LogP contribution is -2.34. The van der Waals surface area contributed by atoms with Crippen LogP contribution in [0.2, 0.25) is 10.0 Å². The van der Waals surface area contributed by atoms with Gasteiger partial charge in [0.2, 0.25) is 0 Å². The number of hydrogen-bond acceptors (Lipinski definition) is 3. The molecule has 0 fully saturated rings. The van der Waals surface area contributed by atoms with Gasteiger partial charge < -0.3 is 5.32 Å². The molecule has 3 rings (SSSR count). The first kappa shape index (κ1) is 13.6. The molecule has 0 radical (unpaired) electrons. The Hall–Kier alpha value is -1.36. The van der Waals surface area contributed by atoms with Crippen molar-refractivity contribution < 1.29 is 0 Å². The van der Waals surface area contributed by atoms with E-state index in [2.05, 4.69) is 10.3 Å². The molecule has 0 amide bonds. The predicted octanol–water partition coefficient (Wildman–Crippen LogP) is 2.24. The first-order valence-corrected chi connectivity index (χ1v) is 7.13. The van der Waals surface area contributed by atoms with Gasteiger partial charge in [-0.05, 0) is 24.6 Å². The lowest BCUT2D eigenvalue weighted by Gasteiger charge is -2.17. The maximum absolute atomic E-state index is 12.4. The molecule has 0 aliphatic carbocycles. The summed E-state index contributed by atoms with van der Waals surface area (Å²) in [5.41, 5.74) is 2.46. The maximum atomic E-state index is 12.4. The maximum Gasteiger partial charge on any atom is 0.257 e. The SMILES string of the molecule is O=c1c2c(ncn1Cc1cccc(Cl)c1Cl)CNCC2. The van der Waals surface area contributed by atoms with Crippen molar-refractivity contribution in [3.05, 3.63) is 61.7 Å². The van der Waals surface area contributed by atoms with Crippen LogP contribution in [0.15, 0.2) is 29.3 Å². The Morgan fingerprint density at radius 2 is 2.20 bits per heavy atom. The standard InChI is InChI=1S/C14H13Cl2N3O/c15-11-3-1-2-9(13(11)16)7-19-8-18-12-6-17-5-4-10(12)14(19)20/h1-3,8,17H,4-7H2. The van der Waals surface area contributed by atoms with Crippen molar-refractivity contribution in [1.82, 2.24) is 14.9 Å². The van der Waals surface area contributed by atoms with Gasteiger partial charge >= 0.3 is 0 Å². The molecule has 1 aliphatic heterocycles. The van der Waals surface area contributed by atoms with Gasteiger partial charge in [0.05, 0.1) is 28.6 Å². The smallest absolute Gasteiger partial charge is 0.257 e. The fourth-order valence-electron chi connectivity index (χ4n) is 2.36. The number of benzene rings is 1. The van der Waals surface area contributed by atoms with E-state index < -0.39 is 0 Å². The van der Waals surface area contributed by atoms with Crippen molar-refractivity contribution in [2.45, 2.75) is 19.5 Å². The summed E-state index contributed by atoms with van der Waals surface area (Å²) in [6.45, 7) is 1.85. The van der Waals surface area contributed by atoms with Gasteiger partial charge in [-0.3, -0.25) is 9.36 Å². The van der Waals surface area contributed by atoms with E-state index in [9.17, 15) is 4.79 Å². The van der Waals surface area contributed by atoms with E-state index in [0.717, 1.165) is 23.4 Å². The van der Waals surface area contributed by atoms with Crippen LogP contribution in [0.1, 0.15) is 16.8 Å². The molecule has 0 bridgehead atoms. The van der Waals surface area contributed by atoms with E-state index in [1.807, 2.05) is 12.1 Å². The number of nitrogens with zero attached hydrogens (tertiary/aromatic N) is 2. The minimum Gasteiger partial charge on any atom is -0.311 e. The number of fused-ring (bicyclic) bond motifs is 1. The molecule has 2 heterocycles. The van der Waals surface area contributed by atoms with E-state index >= 15 is 0 Å². The molecule has 1 aliphatic rings. The van der Waals surface area contributed by atoms with Crippen LogP contribution in [0.25, 0.3) is 0 Å². The third-order valence-corrected chi connectivity index (χ3v) is 4.29. The van der Waals surface area contributed by atoms with Crippen LogP contribution >= 0.6 is 23.2 Å². The molecule has 0 atom stereocenters. The largest absolute Gasteiger partial charge is 0.311 e. The summed E-state index contributed by atoms with van der Waals surface area (Å²) in [4.78, 5) is 16.8. The lowest BCUT2D eigenvalue weighted by atomic mass is 10.1. The number of nitrogens with one attached hydrogen (secondary N) is 1. The summed E-state index contributed by atoms with van der Waals surface area (Å²) in [5.74, 6) is 0. The lowest BCUT2D eigenvalue weighted by molar-refractivity contribution is 0.596. The molecule has 20 heavy (non-hydrogen) atoms. The summed E-state index contributed by atoms with van der Waals surface area (Å²) in [7, 11) is 0. The molecule has 0 saturated heterocycles. The fraction of sp³-hybridized carbons (Fsp3) is 0.286. The van der Waals surface area contributed by atoms with Crippen LogP contribution < -0.4 is 10.9 Å². The monoisotopic (exact) mass is 309 g/mol. The third-order valence-electron chi connectivity index (χ3n) is 3.44. The zero-order chi connectivity index (χ0) is 14.1. The molecule has 6 heteroatoms. The molecule has 2 aromatic rings. The molecule has 1 aromatic heterocycles. The number of halogens is 2. The molecule has 1 aromatic carbocycles. The van der Waals surface area contributed by atoms with Crippen LogP contribution in [-0.2, 0) is 19.5 Å². The Labute approximate surface area is 126 Å². The van der Waals surface area contributed by atoms with Gasteiger partial charge in [-0.15, -0.1) is 0 Å². The Morgan fingerprint density at radius 1 is 1.35 bits per heavy atom. The zero-order valence-electron chi connectivity index (χ0n) is 10.7. The molecule has 0 saturated carbocycles. The highest BCUT2D eigenvalue weighted by Gasteiger charge is 2.15. The van der Waals surface area contributed by atoms with Gasteiger partial charge in [0.1, 0.15) is 0 Å². The van der Waals surface area contributed by atoms with Crippen LogP contribution in [-0.4, -0.2) is 16.1 Å². The molecule has 1 N–H and O–H groups in total. The number of aromatic nitrogens is 2. The number of rotatable bonds is 2. The van der Waals surface area contributed by atoms with Crippen molar-refractivity contribution in [1.29, 1.82) is 0 Å².